The Morgan fingerprint density at radius 3 is 2.45 bits per heavy atom. The molecule has 20 heavy (non-hydrogen) atoms. The molecular formula is C15H13F2NO2. The van der Waals surface area contributed by atoms with Crippen molar-refractivity contribution >= 4 is 11.6 Å². The maximum atomic E-state index is 13.4. The van der Waals surface area contributed by atoms with Crippen LogP contribution >= 0.6 is 0 Å². The summed E-state index contributed by atoms with van der Waals surface area (Å²) in [5.41, 5.74) is 0.763. The first-order valence-electron chi connectivity index (χ1n) is 5.99. The first-order chi connectivity index (χ1) is 9.47. The molecule has 2 N–H and O–H groups in total. The van der Waals surface area contributed by atoms with Gasteiger partial charge in [-0.25, -0.2) is 8.78 Å². The number of aryl methyl sites for hydroxylation is 1. The van der Waals surface area contributed by atoms with Crippen LogP contribution < -0.4 is 5.32 Å². The number of halogens is 2. The summed E-state index contributed by atoms with van der Waals surface area (Å²) >= 11 is 0. The second-order valence-corrected chi connectivity index (χ2v) is 4.43. The molecule has 1 amide bonds. The van der Waals surface area contributed by atoms with E-state index in [-0.39, 0.29) is 11.3 Å². The van der Waals surface area contributed by atoms with Crippen LogP contribution in [0.4, 0.5) is 14.5 Å². The molecule has 0 aliphatic heterocycles. The summed E-state index contributed by atoms with van der Waals surface area (Å²) in [6.45, 7) is 1.72. The number of hydrogen-bond acceptors (Lipinski definition) is 2. The topological polar surface area (TPSA) is 49.3 Å². The van der Waals surface area contributed by atoms with E-state index in [9.17, 15) is 18.7 Å². The van der Waals surface area contributed by atoms with Gasteiger partial charge in [-0.05, 0) is 30.7 Å². The molecule has 0 radical (unpaired) electrons. The molecule has 0 aliphatic carbocycles. The number of nitrogens with one attached hydrogen (secondary N) is 1. The Kier molecular flexibility index (Phi) is 3.98. The highest BCUT2D eigenvalue weighted by Gasteiger charge is 2.13. The number of carbonyl (C=O) groups is 1. The van der Waals surface area contributed by atoms with Crippen molar-refractivity contribution in [3.63, 3.8) is 0 Å². The molecule has 2 aromatic rings. The van der Waals surface area contributed by atoms with Gasteiger partial charge >= 0.3 is 0 Å². The number of carbonyl (C=O) groups excluding carboxylic acids is 1. The largest absolute Gasteiger partial charge is 0.508 e. The molecule has 0 aromatic heterocycles. The summed E-state index contributed by atoms with van der Waals surface area (Å²) < 4.78 is 26.8. The fraction of sp³-hybridized carbons (Fsp3) is 0.133. The van der Waals surface area contributed by atoms with Gasteiger partial charge < -0.3 is 10.4 Å². The van der Waals surface area contributed by atoms with Crippen molar-refractivity contribution in [3.05, 3.63) is 59.2 Å². The van der Waals surface area contributed by atoms with Crippen LogP contribution in [0.3, 0.4) is 0 Å². The second-order valence-electron chi connectivity index (χ2n) is 4.43. The van der Waals surface area contributed by atoms with Crippen molar-refractivity contribution in [1.29, 1.82) is 0 Å². The van der Waals surface area contributed by atoms with E-state index in [2.05, 4.69) is 5.32 Å². The number of anilines is 1. The molecule has 104 valence electrons. The van der Waals surface area contributed by atoms with E-state index in [1.807, 2.05) is 0 Å². The predicted octanol–water partition coefficient (Wildman–Crippen LogP) is 3.16. The number of benzene rings is 2. The van der Waals surface area contributed by atoms with E-state index >= 15 is 0 Å². The van der Waals surface area contributed by atoms with Crippen LogP contribution in [-0.4, -0.2) is 11.0 Å². The fourth-order valence-electron chi connectivity index (χ4n) is 1.75. The lowest BCUT2D eigenvalue weighted by atomic mass is 10.1. The molecular weight excluding hydrogens is 264 g/mol. The number of amides is 1. The monoisotopic (exact) mass is 277 g/mol. The van der Waals surface area contributed by atoms with Gasteiger partial charge in [0.05, 0.1) is 6.42 Å². The Morgan fingerprint density at radius 1 is 1.20 bits per heavy atom. The van der Waals surface area contributed by atoms with Gasteiger partial charge in [-0.1, -0.05) is 12.1 Å². The highest BCUT2D eigenvalue weighted by Crippen LogP contribution is 2.21. The smallest absolute Gasteiger partial charge is 0.229 e. The minimum Gasteiger partial charge on any atom is -0.508 e. The quantitative estimate of drug-likeness (QED) is 0.905. The lowest BCUT2D eigenvalue weighted by Gasteiger charge is -2.08. The molecule has 0 saturated carbocycles. The molecule has 0 aliphatic rings. The maximum absolute atomic E-state index is 13.4. The van der Waals surface area contributed by atoms with Crippen molar-refractivity contribution in [2.45, 2.75) is 13.3 Å². The van der Waals surface area contributed by atoms with Gasteiger partial charge in [-0.2, -0.15) is 0 Å². The second kappa shape index (κ2) is 5.69. The third-order valence-electron chi connectivity index (χ3n) is 2.89. The highest BCUT2D eigenvalue weighted by molar-refractivity contribution is 5.92. The van der Waals surface area contributed by atoms with Crippen LogP contribution in [0.25, 0.3) is 0 Å². The Labute approximate surface area is 114 Å². The molecule has 0 unspecified atom stereocenters. The molecule has 0 fully saturated rings. The lowest BCUT2D eigenvalue weighted by molar-refractivity contribution is -0.115. The third kappa shape index (κ3) is 3.12. The van der Waals surface area contributed by atoms with Crippen molar-refractivity contribution in [2.24, 2.45) is 0 Å². The standard InChI is InChI=1S/C15H13F2NO2/c1-9-5-6-10(7-14(9)19)18-15(20)8-11-12(16)3-2-4-13(11)17/h2-7,19H,8H2,1H3,(H,18,20). The Hall–Kier alpha value is -2.43. The molecule has 0 spiro atoms. The summed E-state index contributed by atoms with van der Waals surface area (Å²) in [6.07, 6.45) is -0.410. The van der Waals surface area contributed by atoms with Crippen molar-refractivity contribution in [2.75, 3.05) is 5.32 Å². The van der Waals surface area contributed by atoms with Crippen LogP contribution in [0.5, 0.6) is 5.75 Å². The number of phenolic OH excluding ortho intramolecular Hbond substituents is 1. The van der Waals surface area contributed by atoms with Crippen molar-refractivity contribution in [3.8, 4) is 5.75 Å². The summed E-state index contributed by atoms with van der Waals surface area (Å²) in [7, 11) is 0. The number of phenols is 1. The molecule has 2 aromatic carbocycles. The molecule has 0 atom stereocenters. The zero-order valence-corrected chi connectivity index (χ0v) is 10.8. The van der Waals surface area contributed by atoms with Crippen LogP contribution in [0.2, 0.25) is 0 Å². The van der Waals surface area contributed by atoms with Crippen molar-refractivity contribution < 1.29 is 18.7 Å². The van der Waals surface area contributed by atoms with Crippen LogP contribution in [-0.2, 0) is 11.2 Å². The average molecular weight is 277 g/mol. The summed E-state index contributed by atoms with van der Waals surface area (Å²) in [5, 5.41) is 12.0. The first kappa shape index (κ1) is 14.0. The first-order valence-corrected chi connectivity index (χ1v) is 5.99. The molecule has 5 heteroatoms. The van der Waals surface area contributed by atoms with E-state index in [0.29, 0.717) is 11.3 Å². The van der Waals surface area contributed by atoms with Crippen LogP contribution in [0, 0.1) is 18.6 Å². The zero-order chi connectivity index (χ0) is 14.7. The Balaban J connectivity index is 2.11. The number of rotatable bonds is 3. The van der Waals surface area contributed by atoms with Gasteiger partial charge in [0.2, 0.25) is 5.91 Å². The van der Waals surface area contributed by atoms with Gasteiger partial charge in [-0.3, -0.25) is 4.79 Å². The SMILES string of the molecule is Cc1ccc(NC(=O)Cc2c(F)cccc2F)cc1O. The summed E-state index contributed by atoms with van der Waals surface area (Å²) in [4.78, 5) is 11.8. The van der Waals surface area contributed by atoms with Crippen LogP contribution in [0.15, 0.2) is 36.4 Å². The minimum atomic E-state index is -0.757. The third-order valence-corrected chi connectivity index (χ3v) is 2.89. The van der Waals surface area contributed by atoms with Gasteiger partial charge in [0.15, 0.2) is 0 Å². The molecule has 2 rings (SSSR count). The normalized spacial score (nSPS) is 10.3. The number of aromatic hydroxyl groups is 1. The predicted molar refractivity (Wildman–Crippen MR) is 71.5 cm³/mol. The molecule has 0 saturated heterocycles. The van der Waals surface area contributed by atoms with E-state index < -0.39 is 24.0 Å². The van der Waals surface area contributed by atoms with E-state index in [4.69, 9.17) is 0 Å². The van der Waals surface area contributed by atoms with Gasteiger partial charge in [0.25, 0.3) is 0 Å². The summed E-state index contributed by atoms with van der Waals surface area (Å²) in [6, 6.07) is 8.06. The van der Waals surface area contributed by atoms with E-state index in [1.54, 1.807) is 19.1 Å². The summed E-state index contributed by atoms with van der Waals surface area (Å²) in [5.74, 6) is -2.03. The highest BCUT2D eigenvalue weighted by atomic mass is 19.1. The minimum absolute atomic E-state index is 0.0415. The Bertz CT molecular complexity index is 636. The number of hydrogen-bond donors (Lipinski definition) is 2. The fourth-order valence-corrected chi connectivity index (χ4v) is 1.75. The Morgan fingerprint density at radius 2 is 1.85 bits per heavy atom. The van der Waals surface area contributed by atoms with Gasteiger partial charge in [0.1, 0.15) is 17.4 Å². The molecule has 0 heterocycles. The maximum Gasteiger partial charge on any atom is 0.229 e. The lowest BCUT2D eigenvalue weighted by Crippen LogP contribution is -2.16. The molecule has 0 bridgehead atoms. The average Bonchev–Trinajstić information content (AvgIpc) is 2.38. The van der Waals surface area contributed by atoms with Crippen LogP contribution in [0.1, 0.15) is 11.1 Å². The van der Waals surface area contributed by atoms with Crippen molar-refractivity contribution in [1.82, 2.24) is 0 Å². The van der Waals surface area contributed by atoms with E-state index in [0.717, 1.165) is 12.1 Å². The molecule has 3 nitrogen and oxygen atoms in total. The van der Waals surface area contributed by atoms with Gasteiger partial charge in [0, 0.05) is 17.3 Å². The zero-order valence-electron chi connectivity index (χ0n) is 10.8. The van der Waals surface area contributed by atoms with E-state index in [1.165, 1.54) is 12.1 Å². The van der Waals surface area contributed by atoms with Gasteiger partial charge in [-0.15, -0.1) is 0 Å².